The van der Waals surface area contributed by atoms with Gasteiger partial charge in [0.2, 0.25) is 0 Å². The molecule has 88 valence electrons. The number of unbranched alkanes of at least 4 members (excludes halogenated alkanes) is 3. The molecule has 0 aromatic carbocycles. The molecule has 0 rings (SSSR count). The van der Waals surface area contributed by atoms with Gasteiger partial charge in [0, 0.05) is 0 Å². The van der Waals surface area contributed by atoms with Crippen LogP contribution in [0, 0.1) is 0 Å². The molecule has 0 amide bonds. The van der Waals surface area contributed by atoms with Crippen LogP contribution >= 0.6 is 0 Å². The second-order valence-electron chi connectivity index (χ2n) is 3.90. The van der Waals surface area contributed by atoms with Crippen molar-refractivity contribution in [3.8, 4) is 0 Å². The fourth-order valence-corrected chi connectivity index (χ4v) is 9.93. The summed E-state index contributed by atoms with van der Waals surface area (Å²) >= 11 is -0.712. The van der Waals surface area contributed by atoms with E-state index in [-0.39, 0.29) is 5.48 Å². The SMILES string of the molecule is CCC[CH2][Sb]([CH2]CCC)[CH2]CCC.O. The first-order valence-corrected chi connectivity index (χ1v) is 11.5. The zero-order valence-corrected chi connectivity index (χ0v) is 12.9. The first kappa shape index (κ1) is 17.2. The fraction of sp³-hybridized carbons (Fsp3) is 1.00. The van der Waals surface area contributed by atoms with E-state index in [2.05, 4.69) is 20.8 Å². The molecule has 0 aromatic heterocycles. The average molecular weight is 311 g/mol. The van der Waals surface area contributed by atoms with Crippen molar-refractivity contribution in [2.24, 2.45) is 0 Å². The molecular formula is C12H29OSb. The van der Waals surface area contributed by atoms with Crippen LogP contribution in [-0.4, -0.2) is 25.7 Å². The van der Waals surface area contributed by atoms with E-state index >= 15 is 0 Å². The standard InChI is InChI=1S/3C4H9.H2O.Sb/c3*1-3-4-2;;/h3*1,3-4H2,2H3;1H2;. The molecule has 0 aliphatic heterocycles. The zero-order valence-electron chi connectivity index (χ0n) is 10.3. The van der Waals surface area contributed by atoms with Crippen molar-refractivity contribution in [1.29, 1.82) is 0 Å². The Bertz CT molecular complexity index is 77.3. The van der Waals surface area contributed by atoms with Gasteiger partial charge < -0.3 is 5.48 Å². The molecule has 0 radical (unpaired) electrons. The minimum absolute atomic E-state index is 0. The molecule has 0 aliphatic carbocycles. The molecule has 0 aliphatic rings. The quantitative estimate of drug-likeness (QED) is 0.575. The van der Waals surface area contributed by atoms with Crippen LogP contribution in [0.2, 0.25) is 13.1 Å². The molecule has 0 fully saturated rings. The van der Waals surface area contributed by atoms with Crippen LogP contribution in [0.3, 0.4) is 0 Å². The molecule has 0 saturated heterocycles. The van der Waals surface area contributed by atoms with Gasteiger partial charge in [0.15, 0.2) is 0 Å². The molecule has 14 heavy (non-hydrogen) atoms. The molecule has 2 heteroatoms. The predicted molar refractivity (Wildman–Crippen MR) is 68.5 cm³/mol. The Morgan fingerprint density at radius 3 is 1.14 bits per heavy atom. The van der Waals surface area contributed by atoms with Crippen molar-refractivity contribution >= 4 is 20.2 Å². The summed E-state index contributed by atoms with van der Waals surface area (Å²) in [7, 11) is 0. The molecule has 1 nitrogen and oxygen atoms in total. The van der Waals surface area contributed by atoms with Gasteiger partial charge in [-0.2, -0.15) is 0 Å². The normalized spacial score (nSPS) is 10.3. The Hall–Kier alpha value is 0.778. The maximum Gasteiger partial charge on any atom is -0.412 e. The summed E-state index contributed by atoms with van der Waals surface area (Å²) < 4.78 is 5.00. The zero-order chi connectivity index (χ0) is 9.94. The Balaban J connectivity index is 0. The second kappa shape index (κ2) is 13.8. The average Bonchev–Trinajstić information content (AvgIpc) is 2.17. The van der Waals surface area contributed by atoms with Crippen molar-refractivity contribution in [3.05, 3.63) is 0 Å². The van der Waals surface area contributed by atoms with E-state index in [1.807, 2.05) is 0 Å². The monoisotopic (exact) mass is 310 g/mol. The fourth-order valence-electron chi connectivity index (χ4n) is 1.48. The summed E-state index contributed by atoms with van der Waals surface area (Å²) in [6.45, 7) is 6.99. The van der Waals surface area contributed by atoms with Crippen LogP contribution < -0.4 is 0 Å². The van der Waals surface area contributed by atoms with Gasteiger partial charge in [-0.05, 0) is 0 Å². The van der Waals surface area contributed by atoms with Gasteiger partial charge >= 0.3 is 92.6 Å². The van der Waals surface area contributed by atoms with E-state index in [9.17, 15) is 0 Å². The Morgan fingerprint density at radius 1 is 0.643 bits per heavy atom. The van der Waals surface area contributed by atoms with Gasteiger partial charge in [-0.25, -0.2) is 0 Å². The number of rotatable bonds is 9. The molecule has 0 aromatic rings. The van der Waals surface area contributed by atoms with Crippen molar-refractivity contribution in [3.63, 3.8) is 0 Å². The van der Waals surface area contributed by atoms with Gasteiger partial charge in [0.1, 0.15) is 0 Å². The van der Waals surface area contributed by atoms with Crippen molar-refractivity contribution in [1.82, 2.24) is 0 Å². The molecule has 0 unspecified atom stereocenters. The van der Waals surface area contributed by atoms with Crippen molar-refractivity contribution < 1.29 is 5.48 Å². The van der Waals surface area contributed by atoms with E-state index in [1.165, 1.54) is 38.5 Å². The van der Waals surface area contributed by atoms with Crippen LogP contribution in [0.4, 0.5) is 0 Å². The van der Waals surface area contributed by atoms with E-state index < -0.39 is 20.2 Å². The van der Waals surface area contributed by atoms with Gasteiger partial charge in [0.05, 0.1) is 0 Å². The van der Waals surface area contributed by atoms with Crippen LogP contribution in [-0.2, 0) is 0 Å². The summed E-state index contributed by atoms with van der Waals surface area (Å²) in [5, 5.41) is 0. The summed E-state index contributed by atoms with van der Waals surface area (Å²) in [4.78, 5) is 0. The van der Waals surface area contributed by atoms with E-state index in [0.717, 1.165) is 0 Å². The second-order valence-corrected chi connectivity index (χ2v) is 11.6. The van der Waals surface area contributed by atoms with E-state index in [4.69, 9.17) is 0 Å². The third-order valence-corrected chi connectivity index (χ3v) is 10.6. The van der Waals surface area contributed by atoms with Crippen LogP contribution in [0.25, 0.3) is 0 Å². The molecule has 0 spiro atoms. The van der Waals surface area contributed by atoms with Crippen LogP contribution in [0.15, 0.2) is 0 Å². The van der Waals surface area contributed by atoms with Crippen LogP contribution in [0.5, 0.6) is 0 Å². The summed E-state index contributed by atoms with van der Waals surface area (Å²) in [5.41, 5.74) is 0. The first-order valence-electron chi connectivity index (χ1n) is 6.07. The van der Waals surface area contributed by atoms with Gasteiger partial charge in [-0.15, -0.1) is 0 Å². The smallest absolute Gasteiger partial charge is 0.412 e. The third kappa shape index (κ3) is 10.9. The van der Waals surface area contributed by atoms with E-state index in [0.29, 0.717) is 0 Å². The van der Waals surface area contributed by atoms with E-state index in [1.54, 1.807) is 13.1 Å². The molecule has 0 heterocycles. The van der Waals surface area contributed by atoms with Crippen molar-refractivity contribution in [2.45, 2.75) is 72.4 Å². The molecule has 2 N–H and O–H groups in total. The molecular weight excluding hydrogens is 282 g/mol. The van der Waals surface area contributed by atoms with Gasteiger partial charge in [-0.3, -0.25) is 0 Å². The maximum atomic E-state index is 2.33. The topological polar surface area (TPSA) is 31.5 Å². The molecule has 0 bridgehead atoms. The Kier molecular flexibility index (Phi) is 16.9. The minimum Gasteiger partial charge on any atom is -0.412 e. The largest absolute Gasteiger partial charge is 0.412 e. The Labute approximate surface area is 97.9 Å². The molecule has 0 saturated carbocycles. The summed E-state index contributed by atoms with van der Waals surface area (Å²) in [6, 6.07) is 0. The summed E-state index contributed by atoms with van der Waals surface area (Å²) in [6.07, 6.45) is 8.82. The molecule has 0 atom stereocenters. The first-order chi connectivity index (χ1) is 6.35. The third-order valence-electron chi connectivity index (χ3n) is 2.48. The number of hydrogen-bond acceptors (Lipinski definition) is 0. The van der Waals surface area contributed by atoms with Gasteiger partial charge in [0.25, 0.3) is 0 Å². The van der Waals surface area contributed by atoms with Crippen LogP contribution in [0.1, 0.15) is 59.3 Å². The number of hydrogen-bond donors (Lipinski definition) is 0. The van der Waals surface area contributed by atoms with Gasteiger partial charge in [-0.1, -0.05) is 0 Å². The summed E-state index contributed by atoms with van der Waals surface area (Å²) in [5.74, 6) is 0. The van der Waals surface area contributed by atoms with Crippen molar-refractivity contribution in [2.75, 3.05) is 0 Å². The maximum absolute atomic E-state index is 2.33. The Morgan fingerprint density at radius 2 is 0.929 bits per heavy atom. The predicted octanol–water partition coefficient (Wildman–Crippen LogP) is 4.06. The minimum atomic E-state index is -0.712.